The van der Waals surface area contributed by atoms with Gasteiger partial charge in [-0.25, -0.2) is 0 Å². The molecule has 1 atom stereocenters. The predicted octanol–water partition coefficient (Wildman–Crippen LogP) is 6.42. The maximum atomic E-state index is 2.66. The van der Waals surface area contributed by atoms with E-state index in [4.69, 9.17) is 0 Å². The second-order valence-corrected chi connectivity index (χ2v) is 11.0. The van der Waals surface area contributed by atoms with Crippen LogP contribution in [0.2, 0.25) is 0 Å². The standard InChI is InChI=1S/C21H39N/c1-18(2,3)15-13-16(19(4,5)6)22(21(10,11)12)17(14-15)20(7,8)9/h13-14,16H,1-12H3. The summed E-state index contributed by atoms with van der Waals surface area (Å²) >= 11 is 0. The lowest BCUT2D eigenvalue weighted by Gasteiger charge is -2.54. The minimum atomic E-state index is 0.108. The van der Waals surface area contributed by atoms with E-state index in [1.807, 2.05) is 0 Å². The Kier molecular flexibility index (Phi) is 4.77. The first-order valence-electron chi connectivity index (χ1n) is 8.69. The van der Waals surface area contributed by atoms with Gasteiger partial charge in [0, 0.05) is 16.7 Å². The Morgan fingerprint density at radius 1 is 0.727 bits per heavy atom. The van der Waals surface area contributed by atoms with Crippen molar-refractivity contribution >= 4 is 0 Å². The summed E-state index contributed by atoms with van der Waals surface area (Å²) in [6.45, 7) is 28.1. The van der Waals surface area contributed by atoms with Gasteiger partial charge in [0.25, 0.3) is 0 Å². The Hall–Kier alpha value is -0.720. The molecule has 0 saturated heterocycles. The Bertz CT molecular complexity index is 464. The number of allylic oxidation sites excluding steroid dienone is 3. The lowest BCUT2D eigenvalue weighted by Crippen LogP contribution is -2.55. The van der Waals surface area contributed by atoms with Crippen LogP contribution >= 0.6 is 0 Å². The van der Waals surface area contributed by atoms with E-state index < -0.39 is 0 Å². The summed E-state index contributed by atoms with van der Waals surface area (Å²) in [5.41, 5.74) is 3.57. The van der Waals surface area contributed by atoms with E-state index in [1.165, 1.54) is 11.3 Å². The van der Waals surface area contributed by atoms with Crippen molar-refractivity contribution in [3.63, 3.8) is 0 Å². The molecule has 1 heterocycles. The third-order valence-electron chi connectivity index (χ3n) is 4.41. The molecule has 0 spiro atoms. The molecule has 0 N–H and O–H groups in total. The molecular weight excluding hydrogens is 266 g/mol. The normalized spacial score (nSPS) is 21.6. The molecule has 0 aromatic carbocycles. The summed E-state index contributed by atoms with van der Waals surface area (Å²) < 4.78 is 0. The zero-order chi connectivity index (χ0) is 17.7. The molecule has 1 heteroatoms. The van der Waals surface area contributed by atoms with Crippen molar-refractivity contribution in [3.8, 4) is 0 Å². The quantitative estimate of drug-likeness (QED) is 0.499. The van der Waals surface area contributed by atoms with E-state index in [0.717, 1.165) is 0 Å². The molecule has 0 radical (unpaired) electrons. The summed E-state index contributed by atoms with van der Waals surface area (Å²) in [6, 6.07) is 0.418. The average molecular weight is 306 g/mol. The molecule has 1 nitrogen and oxygen atoms in total. The van der Waals surface area contributed by atoms with Gasteiger partial charge in [0.05, 0.1) is 6.04 Å². The highest BCUT2D eigenvalue weighted by Crippen LogP contribution is 2.45. The van der Waals surface area contributed by atoms with Gasteiger partial charge in [0.1, 0.15) is 0 Å². The number of nitrogens with zero attached hydrogens (tertiary/aromatic N) is 1. The van der Waals surface area contributed by atoms with E-state index in [0.29, 0.717) is 6.04 Å². The lowest BCUT2D eigenvalue weighted by atomic mass is 9.72. The highest BCUT2D eigenvalue weighted by molar-refractivity contribution is 5.38. The molecule has 1 rings (SSSR count). The maximum Gasteiger partial charge on any atom is 0.0529 e. The van der Waals surface area contributed by atoms with Crippen LogP contribution in [0.3, 0.4) is 0 Å². The van der Waals surface area contributed by atoms with Crippen LogP contribution in [-0.2, 0) is 0 Å². The van der Waals surface area contributed by atoms with Crippen molar-refractivity contribution in [2.24, 2.45) is 16.2 Å². The minimum absolute atomic E-state index is 0.108. The molecule has 1 aliphatic rings. The Morgan fingerprint density at radius 2 is 1.18 bits per heavy atom. The summed E-state index contributed by atoms with van der Waals surface area (Å²) in [5.74, 6) is 0. The monoisotopic (exact) mass is 305 g/mol. The fourth-order valence-electron chi connectivity index (χ4n) is 3.12. The zero-order valence-electron chi connectivity index (χ0n) is 17.2. The third kappa shape index (κ3) is 4.18. The van der Waals surface area contributed by atoms with E-state index in [-0.39, 0.29) is 21.8 Å². The van der Waals surface area contributed by atoms with Gasteiger partial charge < -0.3 is 4.90 Å². The number of rotatable bonds is 0. The zero-order valence-corrected chi connectivity index (χ0v) is 17.2. The van der Waals surface area contributed by atoms with Crippen LogP contribution in [0.15, 0.2) is 23.4 Å². The van der Waals surface area contributed by atoms with Crippen LogP contribution in [0.4, 0.5) is 0 Å². The van der Waals surface area contributed by atoms with Crippen molar-refractivity contribution < 1.29 is 0 Å². The highest BCUT2D eigenvalue weighted by atomic mass is 15.2. The number of hydrogen-bond donors (Lipinski definition) is 0. The molecule has 128 valence electrons. The van der Waals surface area contributed by atoms with Gasteiger partial charge in [0.15, 0.2) is 0 Å². The second-order valence-electron chi connectivity index (χ2n) is 11.0. The maximum absolute atomic E-state index is 2.66. The Balaban J connectivity index is 3.61. The van der Waals surface area contributed by atoms with Gasteiger partial charge in [-0.2, -0.15) is 0 Å². The molecule has 0 bridgehead atoms. The van der Waals surface area contributed by atoms with Crippen molar-refractivity contribution in [2.75, 3.05) is 0 Å². The fourth-order valence-corrected chi connectivity index (χ4v) is 3.12. The average Bonchev–Trinajstić information content (AvgIpc) is 2.22. The summed E-state index contributed by atoms with van der Waals surface area (Å²) in [4.78, 5) is 2.66. The van der Waals surface area contributed by atoms with Crippen LogP contribution < -0.4 is 0 Å². The molecule has 0 saturated carbocycles. The van der Waals surface area contributed by atoms with Gasteiger partial charge in [-0.3, -0.25) is 0 Å². The van der Waals surface area contributed by atoms with Crippen molar-refractivity contribution in [3.05, 3.63) is 23.4 Å². The summed E-state index contributed by atoms with van der Waals surface area (Å²) in [5, 5.41) is 0. The smallest absolute Gasteiger partial charge is 0.0529 e. The largest absolute Gasteiger partial charge is 0.363 e. The molecule has 0 aromatic rings. The molecule has 0 amide bonds. The van der Waals surface area contributed by atoms with Crippen LogP contribution in [-0.4, -0.2) is 16.5 Å². The van der Waals surface area contributed by atoms with Gasteiger partial charge >= 0.3 is 0 Å². The van der Waals surface area contributed by atoms with Gasteiger partial charge in [-0.1, -0.05) is 68.4 Å². The topological polar surface area (TPSA) is 3.24 Å². The van der Waals surface area contributed by atoms with Crippen LogP contribution in [0, 0.1) is 16.2 Å². The van der Waals surface area contributed by atoms with E-state index >= 15 is 0 Å². The van der Waals surface area contributed by atoms with Gasteiger partial charge in [-0.05, 0) is 43.3 Å². The van der Waals surface area contributed by atoms with Crippen LogP contribution in [0.25, 0.3) is 0 Å². The fraction of sp³-hybridized carbons (Fsp3) is 0.810. The highest BCUT2D eigenvalue weighted by Gasteiger charge is 2.42. The minimum Gasteiger partial charge on any atom is -0.363 e. The van der Waals surface area contributed by atoms with Gasteiger partial charge in [0.2, 0.25) is 0 Å². The van der Waals surface area contributed by atoms with Crippen molar-refractivity contribution in [2.45, 2.75) is 94.7 Å². The lowest BCUT2D eigenvalue weighted by molar-refractivity contribution is 0.0579. The first kappa shape index (κ1) is 19.3. The SMILES string of the molecule is CC(C)(C)C1=CC(C(C)(C)C)N(C(C)(C)C)C(C(C)(C)C)=C1. The Labute approximate surface area is 139 Å². The summed E-state index contributed by atoms with van der Waals surface area (Å²) in [7, 11) is 0. The molecule has 1 aliphatic heterocycles. The van der Waals surface area contributed by atoms with E-state index in [2.05, 4.69) is 100 Å². The van der Waals surface area contributed by atoms with Crippen molar-refractivity contribution in [1.29, 1.82) is 0 Å². The predicted molar refractivity (Wildman–Crippen MR) is 99.9 cm³/mol. The second kappa shape index (κ2) is 5.42. The van der Waals surface area contributed by atoms with Gasteiger partial charge in [-0.15, -0.1) is 0 Å². The van der Waals surface area contributed by atoms with E-state index in [1.54, 1.807) is 0 Å². The van der Waals surface area contributed by atoms with E-state index in [9.17, 15) is 0 Å². The molecule has 22 heavy (non-hydrogen) atoms. The Morgan fingerprint density at radius 3 is 1.45 bits per heavy atom. The van der Waals surface area contributed by atoms with Crippen LogP contribution in [0.5, 0.6) is 0 Å². The molecule has 0 fully saturated rings. The first-order chi connectivity index (χ1) is 9.45. The summed E-state index contributed by atoms with van der Waals surface area (Å²) in [6.07, 6.45) is 4.97. The van der Waals surface area contributed by atoms with Crippen molar-refractivity contribution in [1.82, 2.24) is 4.90 Å². The molecule has 0 aliphatic carbocycles. The molecular formula is C21H39N. The molecule has 0 aromatic heterocycles. The molecule has 1 unspecified atom stereocenters. The third-order valence-corrected chi connectivity index (χ3v) is 4.41. The first-order valence-corrected chi connectivity index (χ1v) is 8.69. The number of hydrogen-bond acceptors (Lipinski definition) is 1. The van der Waals surface area contributed by atoms with Crippen LogP contribution in [0.1, 0.15) is 83.1 Å².